The molecule has 0 aliphatic carbocycles. The molecular weight excluding hydrogens is 376 g/mol. The Hall–Kier alpha value is -1.57. The summed E-state index contributed by atoms with van der Waals surface area (Å²) >= 11 is 1.59. The summed E-state index contributed by atoms with van der Waals surface area (Å²) in [5, 5.41) is 0. The van der Waals surface area contributed by atoms with Crippen LogP contribution in [-0.2, 0) is 14.3 Å². The summed E-state index contributed by atoms with van der Waals surface area (Å²) in [6.45, 7) is 5.32. The molecule has 3 aliphatic rings. The number of nitrogens with zero attached hydrogens (tertiary/aromatic N) is 2. The van der Waals surface area contributed by atoms with Crippen LogP contribution in [0.25, 0.3) is 0 Å². The monoisotopic (exact) mass is 404 g/mol. The van der Waals surface area contributed by atoms with E-state index in [0.717, 1.165) is 49.7 Å². The smallest absolute Gasteiger partial charge is 0.312 e. The highest BCUT2D eigenvalue weighted by atomic mass is 32.2. The molecule has 6 nitrogen and oxygen atoms in total. The summed E-state index contributed by atoms with van der Waals surface area (Å²) in [4.78, 5) is 30.9. The lowest BCUT2D eigenvalue weighted by Gasteiger charge is -2.37. The number of morpholine rings is 1. The maximum Gasteiger partial charge on any atom is 0.312 e. The van der Waals surface area contributed by atoms with E-state index < -0.39 is 5.41 Å². The van der Waals surface area contributed by atoms with Crippen LogP contribution in [-0.4, -0.2) is 80.0 Å². The van der Waals surface area contributed by atoms with Crippen LogP contribution in [0.5, 0.6) is 0 Å². The van der Waals surface area contributed by atoms with E-state index >= 15 is 0 Å². The van der Waals surface area contributed by atoms with Crippen LogP contribution >= 0.6 is 11.8 Å². The number of likely N-dealkylation sites (tertiary alicyclic amines) is 1. The first-order valence-electron chi connectivity index (χ1n) is 10.0. The topological polar surface area (TPSA) is 59.1 Å². The van der Waals surface area contributed by atoms with Crippen molar-refractivity contribution in [3.05, 3.63) is 29.8 Å². The molecule has 3 aliphatic heterocycles. The molecule has 0 N–H and O–H groups in total. The fourth-order valence-corrected chi connectivity index (χ4v) is 5.14. The minimum Gasteiger partial charge on any atom is -0.461 e. The second kappa shape index (κ2) is 8.43. The van der Waals surface area contributed by atoms with Gasteiger partial charge in [0.25, 0.3) is 5.91 Å². The molecule has 1 unspecified atom stereocenters. The van der Waals surface area contributed by atoms with E-state index in [1.54, 1.807) is 11.8 Å². The first-order valence-corrected chi connectivity index (χ1v) is 11.3. The van der Waals surface area contributed by atoms with Gasteiger partial charge in [0.2, 0.25) is 0 Å². The molecule has 1 aromatic rings. The van der Waals surface area contributed by atoms with Crippen molar-refractivity contribution in [1.29, 1.82) is 0 Å². The summed E-state index contributed by atoms with van der Waals surface area (Å²) in [6.07, 6.45) is 4.11. The van der Waals surface area contributed by atoms with Crippen molar-refractivity contribution in [3.63, 3.8) is 0 Å². The lowest BCUT2D eigenvalue weighted by Crippen LogP contribution is -2.45. The van der Waals surface area contributed by atoms with Gasteiger partial charge in [0, 0.05) is 44.0 Å². The van der Waals surface area contributed by atoms with Crippen LogP contribution in [0.2, 0.25) is 0 Å². The number of carbonyl (C=O) groups excluding carboxylic acids is 2. The molecule has 28 heavy (non-hydrogen) atoms. The van der Waals surface area contributed by atoms with Crippen LogP contribution in [0, 0.1) is 5.41 Å². The predicted octanol–water partition coefficient (Wildman–Crippen LogP) is 2.28. The fourth-order valence-electron chi connectivity index (χ4n) is 4.55. The molecule has 0 radical (unpaired) electrons. The Kier molecular flexibility index (Phi) is 5.94. The molecule has 1 aromatic carbocycles. The number of hydrogen-bond acceptors (Lipinski definition) is 6. The molecule has 3 fully saturated rings. The normalized spacial score (nSPS) is 25.1. The quantitative estimate of drug-likeness (QED) is 0.567. The maximum atomic E-state index is 13.0. The largest absolute Gasteiger partial charge is 0.461 e. The minimum absolute atomic E-state index is 0.0370. The number of thioether (sulfide) groups is 1. The Labute approximate surface area is 170 Å². The van der Waals surface area contributed by atoms with Gasteiger partial charge in [-0.1, -0.05) is 12.1 Å². The van der Waals surface area contributed by atoms with Gasteiger partial charge in [-0.3, -0.25) is 14.5 Å². The Morgan fingerprint density at radius 2 is 1.89 bits per heavy atom. The van der Waals surface area contributed by atoms with Crippen molar-refractivity contribution < 1.29 is 19.1 Å². The van der Waals surface area contributed by atoms with E-state index in [0.29, 0.717) is 25.9 Å². The van der Waals surface area contributed by atoms with Gasteiger partial charge in [-0.25, -0.2) is 0 Å². The van der Waals surface area contributed by atoms with Gasteiger partial charge in [0.05, 0.1) is 24.2 Å². The van der Waals surface area contributed by atoms with Crippen molar-refractivity contribution in [2.45, 2.75) is 30.3 Å². The van der Waals surface area contributed by atoms with Gasteiger partial charge in [0.1, 0.15) is 6.10 Å². The Balaban J connectivity index is 1.36. The van der Waals surface area contributed by atoms with Gasteiger partial charge < -0.3 is 14.4 Å². The van der Waals surface area contributed by atoms with Gasteiger partial charge in [-0.2, -0.15) is 0 Å². The third-order valence-electron chi connectivity index (χ3n) is 6.24. The van der Waals surface area contributed by atoms with E-state index in [-0.39, 0.29) is 18.0 Å². The average molecular weight is 405 g/mol. The van der Waals surface area contributed by atoms with Crippen LogP contribution in [0.1, 0.15) is 29.6 Å². The van der Waals surface area contributed by atoms with Crippen molar-refractivity contribution in [2.75, 3.05) is 52.2 Å². The highest BCUT2D eigenvalue weighted by molar-refractivity contribution is 7.98. The molecule has 4 rings (SSSR count). The van der Waals surface area contributed by atoms with Gasteiger partial charge >= 0.3 is 5.97 Å². The van der Waals surface area contributed by atoms with Gasteiger partial charge in [0.15, 0.2) is 0 Å². The second-order valence-electron chi connectivity index (χ2n) is 7.92. The maximum absolute atomic E-state index is 13.0. The molecule has 152 valence electrons. The number of amides is 1. The van der Waals surface area contributed by atoms with Crippen LogP contribution in [0.15, 0.2) is 29.2 Å². The van der Waals surface area contributed by atoms with Gasteiger partial charge in [-0.05, 0) is 31.2 Å². The third kappa shape index (κ3) is 3.93. The summed E-state index contributed by atoms with van der Waals surface area (Å²) in [6, 6.07) is 7.73. The molecule has 3 heterocycles. The number of piperidine rings is 1. The van der Waals surface area contributed by atoms with Crippen LogP contribution in [0.4, 0.5) is 0 Å². The lowest BCUT2D eigenvalue weighted by atomic mass is 9.76. The highest BCUT2D eigenvalue weighted by Gasteiger charge is 2.51. The van der Waals surface area contributed by atoms with Crippen molar-refractivity contribution in [1.82, 2.24) is 9.80 Å². The molecule has 1 atom stereocenters. The zero-order chi connectivity index (χ0) is 19.6. The van der Waals surface area contributed by atoms with Gasteiger partial charge in [-0.15, -0.1) is 11.8 Å². The van der Waals surface area contributed by atoms with E-state index in [1.807, 2.05) is 35.4 Å². The Bertz CT molecular complexity index is 727. The van der Waals surface area contributed by atoms with E-state index in [4.69, 9.17) is 9.47 Å². The molecule has 3 saturated heterocycles. The summed E-state index contributed by atoms with van der Waals surface area (Å²) in [7, 11) is 0. The first-order chi connectivity index (χ1) is 13.6. The molecular formula is C21H28N2O4S. The number of hydrogen-bond donors (Lipinski definition) is 0. The Morgan fingerprint density at radius 3 is 2.61 bits per heavy atom. The number of ether oxygens (including phenoxy) is 2. The van der Waals surface area contributed by atoms with Crippen LogP contribution in [0.3, 0.4) is 0 Å². The molecule has 7 heteroatoms. The minimum atomic E-state index is -0.410. The average Bonchev–Trinajstić information content (AvgIpc) is 3.03. The number of esters is 1. The van der Waals surface area contributed by atoms with E-state index in [2.05, 4.69) is 4.90 Å². The van der Waals surface area contributed by atoms with Crippen molar-refractivity contribution in [3.8, 4) is 0 Å². The first kappa shape index (κ1) is 19.7. The fraction of sp³-hybridized carbons (Fsp3) is 0.619. The highest BCUT2D eigenvalue weighted by Crippen LogP contribution is 2.43. The van der Waals surface area contributed by atoms with Crippen molar-refractivity contribution in [2.24, 2.45) is 5.41 Å². The van der Waals surface area contributed by atoms with E-state index in [9.17, 15) is 9.59 Å². The van der Waals surface area contributed by atoms with E-state index in [1.165, 1.54) is 0 Å². The zero-order valence-corrected chi connectivity index (χ0v) is 17.2. The predicted molar refractivity (Wildman–Crippen MR) is 108 cm³/mol. The van der Waals surface area contributed by atoms with Crippen LogP contribution < -0.4 is 0 Å². The Morgan fingerprint density at radius 1 is 1.18 bits per heavy atom. The number of carbonyl (C=O) groups is 2. The molecule has 0 aromatic heterocycles. The lowest BCUT2D eigenvalue weighted by molar-refractivity contribution is -0.151. The summed E-state index contributed by atoms with van der Waals surface area (Å²) in [5.74, 6) is -0.00148. The summed E-state index contributed by atoms with van der Waals surface area (Å²) < 4.78 is 11.1. The standard InChI is InChI=1S/C21H28N2O4S/c1-28-18-5-3-2-4-17(18)19(24)23-8-6-21(7-9-23)14-16(27-20(21)25)15-22-10-12-26-13-11-22/h2-5,16H,6-15H2,1H3. The number of rotatable bonds is 4. The molecule has 1 amide bonds. The molecule has 1 spiro atoms. The number of benzene rings is 1. The molecule has 0 bridgehead atoms. The third-order valence-corrected chi connectivity index (χ3v) is 7.03. The SMILES string of the molecule is CSc1ccccc1C(=O)N1CCC2(CC1)CC(CN1CCOCC1)OC2=O. The molecule has 0 saturated carbocycles. The second-order valence-corrected chi connectivity index (χ2v) is 8.77. The number of cyclic esters (lactones) is 1. The zero-order valence-electron chi connectivity index (χ0n) is 16.4. The van der Waals surface area contributed by atoms with Crippen molar-refractivity contribution >= 4 is 23.6 Å². The summed E-state index contributed by atoms with van der Waals surface area (Å²) in [5.41, 5.74) is 0.345.